The summed E-state index contributed by atoms with van der Waals surface area (Å²) < 4.78 is 22.8. The van der Waals surface area contributed by atoms with E-state index in [9.17, 15) is 8.63 Å². The first-order valence-electron chi connectivity index (χ1n) is 2.73. The molecule has 9 heavy (non-hydrogen) atoms. The Labute approximate surface area is 55.8 Å². The van der Waals surface area contributed by atoms with E-state index in [1.54, 1.807) is 0 Å². The van der Waals surface area contributed by atoms with Crippen LogP contribution in [-0.4, -0.2) is 15.3 Å². The minimum atomic E-state index is -2.46. The van der Waals surface area contributed by atoms with Crippen LogP contribution >= 0.6 is 0 Å². The smallest absolute Gasteiger partial charge is 0.273 e. The highest BCUT2D eigenvalue weighted by Crippen LogP contribution is 1.96. The van der Waals surface area contributed by atoms with Crippen LogP contribution in [0.15, 0.2) is 0 Å². The maximum atomic E-state index is 11.4. The summed E-state index contributed by atoms with van der Waals surface area (Å²) in [5.41, 5.74) is 2.56. The van der Waals surface area contributed by atoms with Crippen molar-refractivity contribution in [3.63, 3.8) is 0 Å². The Balaban J connectivity index is 3.88. The summed E-state index contributed by atoms with van der Waals surface area (Å²) in [4.78, 5) is 0. The van der Waals surface area contributed by atoms with E-state index in [2.05, 4.69) is 5.54 Å². The van der Waals surface area contributed by atoms with Gasteiger partial charge in [0.05, 0.1) is 0 Å². The van der Waals surface area contributed by atoms with Crippen LogP contribution in [0.2, 0.25) is 19.6 Å². The van der Waals surface area contributed by atoms with Gasteiger partial charge in [-0.3, -0.25) is 8.63 Å². The monoisotopic (exact) mass is 146 g/mol. The van der Waals surface area contributed by atoms with Crippen LogP contribution in [-0.2, 0) is 0 Å². The Morgan fingerprint density at radius 2 is 1.67 bits per heavy atom. The Hall–Kier alpha value is -0.298. The van der Waals surface area contributed by atoms with Gasteiger partial charge in [-0.25, -0.2) is 0 Å². The van der Waals surface area contributed by atoms with E-state index in [1.807, 2.05) is 25.5 Å². The molecule has 0 radical (unpaired) electrons. The maximum Gasteiger partial charge on any atom is 0.627 e. The quantitative estimate of drug-likeness (QED) is 0.361. The van der Waals surface area contributed by atoms with Gasteiger partial charge < -0.3 is 0 Å². The van der Waals surface area contributed by atoms with E-state index in [-0.39, 0.29) is 0 Å². The van der Waals surface area contributed by atoms with Crippen molar-refractivity contribution in [2.75, 3.05) is 0 Å². The molecule has 0 saturated heterocycles. The summed E-state index contributed by atoms with van der Waals surface area (Å²) in [6.07, 6.45) is 0. The van der Waals surface area contributed by atoms with Gasteiger partial charge in [0.1, 0.15) is 8.07 Å². The molecule has 0 aromatic heterocycles. The van der Waals surface area contributed by atoms with Gasteiger partial charge in [-0.05, 0) is 0 Å². The van der Waals surface area contributed by atoms with Crippen LogP contribution in [0.5, 0.6) is 0 Å². The second-order valence-electron chi connectivity index (χ2n) is 2.82. The first-order valence-corrected chi connectivity index (χ1v) is 6.23. The zero-order chi connectivity index (χ0) is 7.49. The Bertz CT molecular complexity index is 139. The third kappa shape index (κ3) is 7.70. The van der Waals surface area contributed by atoms with Crippen LogP contribution in [0, 0.1) is 11.4 Å². The highest BCUT2D eigenvalue weighted by atomic mass is 28.3. The molecule has 0 bridgehead atoms. The molecular weight excluding hydrogens is 137 g/mol. The van der Waals surface area contributed by atoms with Gasteiger partial charge in [-0.15, -0.1) is 5.54 Å². The van der Waals surface area contributed by atoms with E-state index in [0.717, 1.165) is 0 Å². The topological polar surface area (TPSA) is 0 Å². The van der Waals surface area contributed by atoms with Gasteiger partial charge in [-0.1, -0.05) is 25.5 Å². The van der Waals surface area contributed by atoms with Gasteiger partial charge in [0.2, 0.25) is 0 Å². The van der Waals surface area contributed by atoms with Crippen molar-refractivity contribution in [2.45, 2.75) is 19.6 Å². The molecule has 0 spiro atoms. The maximum absolute atomic E-state index is 11.4. The first-order chi connectivity index (χ1) is 3.92. The lowest BCUT2D eigenvalue weighted by molar-refractivity contribution is 0.688. The number of halogens is 2. The molecule has 0 unspecified atom stereocenters. The van der Waals surface area contributed by atoms with Crippen LogP contribution in [0.25, 0.3) is 0 Å². The zero-order valence-corrected chi connectivity index (χ0v) is 6.83. The van der Waals surface area contributed by atoms with Gasteiger partial charge >= 0.3 is 7.27 Å². The summed E-state index contributed by atoms with van der Waals surface area (Å²) in [5, 5.41) is 0. The van der Waals surface area contributed by atoms with Crippen LogP contribution in [0.4, 0.5) is 8.63 Å². The van der Waals surface area contributed by atoms with Gasteiger partial charge in [0, 0.05) is 0 Å². The summed E-state index contributed by atoms with van der Waals surface area (Å²) in [6.45, 7) is 5.80. The van der Waals surface area contributed by atoms with E-state index in [4.69, 9.17) is 0 Å². The Morgan fingerprint density at radius 1 is 1.22 bits per heavy atom. The second kappa shape index (κ2) is 3.02. The van der Waals surface area contributed by atoms with Crippen molar-refractivity contribution in [3.05, 3.63) is 0 Å². The van der Waals surface area contributed by atoms with Crippen molar-refractivity contribution >= 4 is 15.3 Å². The van der Waals surface area contributed by atoms with Crippen molar-refractivity contribution in [2.24, 2.45) is 0 Å². The summed E-state index contributed by atoms with van der Waals surface area (Å²) in [7, 11) is -4.02. The van der Waals surface area contributed by atoms with Gasteiger partial charge in [-0.2, -0.15) is 0 Å². The largest absolute Gasteiger partial charge is 0.627 e. The first kappa shape index (κ1) is 8.70. The van der Waals surface area contributed by atoms with E-state index >= 15 is 0 Å². The molecule has 0 saturated carbocycles. The molecule has 0 aliphatic rings. The Morgan fingerprint density at radius 3 is 1.78 bits per heavy atom. The number of hydrogen-bond acceptors (Lipinski definition) is 0. The minimum Gasteiger partial charge on any atom is -0.273 e. The average Bonchev–Trinajstić information content (AvgIpc) is 1.59. The van der Waals surface area contributed by atoms with Crippen molar-refractivity contribution in [1.29, 1.82) is 0 Å². The summed E-state index contributed by atoms with van der Waals surface area (Å²) in [5.74, 6) is 1.86. The zero-order valence-electron chi connectivity index (χ0n) is 5.83. The standard InChI is InChI=1S/C5H9BF2Si/c1-9(2,3)5-4-6(7)8/h1-3H3. The third-order valence-electron chi connectivity index (χ3n) is 0.556. The average molecular weight is 146 g/mol. The molecule has 4 heteroatoms. The fourth-order valence-electron chi connectivity index (χ4n) is 0.271. The predicted octanol–water partition coefficient (Wildman–Crippen LogP) is 1.83. The van der Waals surface area contributed by atoms with E-state index in [1.165, 1.54) is 0 Å². The molecule has 0 aromatic rings. The molecule has 0 nitrogen and oxygen atoms in total. The van der Waals surface area contributed by atoms with E-state index < -0.39 is 15.3 Å². The predicted molar refractivity (Wildman–Crippen MR) is 39.1 cm³/mol. The molecule has 0 N–H and O–H groups in total. The molecule has 0 aliphatic carbocycles. The molecule has 0 fully saturated rings. The highest BCUT2D eigenvalue weighted by molar-refractivity contribution is 6.84. The molecular formula is C5H9BF2Si. The third-order valence-corrected chi connectivity index (χ3v) is 1.45. The lowest BCUT2D eigenvalue weighted by atomic mass is 10.0. The fourth-order valence-corrected chi connectivity index (χ4v) is 0.813. The van der Waals surface area contributed by atoms with Gasteiger partial charge in [0.15, 0.2) is 0 Å². The van der Waals surface area contributed by atoms with Gasteiger partial charge in [0.25, 0.3) is 0 Å². The van der Waals surface area contributed by atoms with Crippen LogP contribution in [0.1, 0.15) is 0 Å². The molecule has 0 amide bonds. The minimum absolute atomic E-state index is 1.56. The summed E-state index contributed by atoms with van der Waals surface area (Å²) >= 11 is 0. The molecule has 0 heterocycles. The highest BCUT2D eigenvalue weighted by Gasteiger charge is 2.11. The summed E-state index contributed by atoms with van der Waals surface area (Å²) in [6, 6.07) is 0. The molecule has 0 aliphatic heterocycles. The van der Waals surface area contributed by atoms with Crippen LogP contribution < -0.4 is 0 Å². The van der Waals surface area contributed by atoms with Crippen molar-refractivity contribution in [1.82, 2.24) is 0 Å². The van der Waals surface area contributed by atoms with Crippen molar-refractivity contribution in [3.8, 4) is 11.4 Å². The van der Waals surface area contributed by atoms with E-state index in [0.29, 0.717) is 0 Å². The Kier molecular flexibility index (Phi) is 2.92. The SMILES string of the molecule is C[Si](C)(C)C#CB(F)F. The number of hydrogen-bond donors (Lipinski definition) is 0. The normalized spacial score (nSPS) is 9.89. The lowest BCUT2D eigenvalue weighted by Gasteiger charge is -2.02. The molecule has 0 aromatic carbocycles. The molecule has 0 atom stereocenters. The van der Waals surface area contributed by atoms with Crippen LogP contribution in [0.3, 0.4) is 0 Å². The second-order valence-corrected chi connectivity index (χ2v) is 7.57. The molecule has 50 valence electrons. The fraction of sp³-hybridized carbons (Fsp3) is 0.600. The molecule has 0 rings (SSSR count). The number of rotatable bonds is 0. The van der Waals surface area contributed by atoms with Crippen molar-refractivity contribution < 1.29 is 8.63 Å². The lowest BCUT2D eigenvalue weighted by Crippen LogP contribution is -2.17.